The lowest BCUT2D eigenvalue weighted by Crippen LogP contribution is -2.18. The fourth-order valence-corrected chi connectivity index (χ4v) is 20.3. The van der Waals surface area contributed by atoms with E-state index in [1.807, 2.05) is 143 Å². The molecule has 0 saturated carbocycles. The third-order valence-corrected chi connectivity index (χ3v) is 25.9. The Balaban J connectivity index is 0.000000225. The molecule has 0 aromatic heterocycles. The third kappa shape index (κ3) is 33.3. The van der Waals surface area contributed by atoms with Gasteiger partial charge >= 0.3 is 35.8 Å². The summed E-state index contributed by atoms with van der Waals surface area (Å²) < 4.78 is 68.5. The van der Waals surface area contributed by atoms with E-state index in [0.717, 1.165) is 33.4 Å². The predicted octanol–water partition coefficient (Wildman–Crippen LogP) is 33.9. The highest BCUT2D eigenvalue weighted by Gasteiger charge is 2.28. The van der Waals surface area contributed by atoms with Gasteiger partial charge in [0.05, 0.1) is 129 Å². The second-order valence-corrected chi connectivity index (χ2v) is 39.3. The molecule has 0 saturated heterocycles. The second kappa shape index (κ2) is 56.0. The summed E-state index contributed by atoms with van der Waals surface area (Å²) in [6.45, 7) is 52.2. The Kier molecular flexibility index (Phi) is 47.0. The first-order chi connectivity index (χ1) is 65.4. The van der Waals surface area contributed by atoms with Crippen LogP contribution in [0, 0.1) is 95.3 Å². The maximum atomic E-state index is 12.6. The van der Waals surface area contributed by atoms with E-state index < -0.39 is 35.8 Å². The molecule has 24 nitrogen and oxygen atoms in total. The highest BCUT2D eigenvalue weighted by Crippen LogP contribution is 2.46. The molecule has 0 N–H and O–H groups in total. The maximum absolute atomic E-state index is 12.6. The molecule has 0 heterocycles. The van der Waals surface area contributed by atoms with Crippen molar-refractivity contribution < 1.29 is 85.6 Å². The van der Waals surface area contributed by atoms with Crippen LogP contribution in [-0.2, 0) is 14.4 Å². The first-order valence-electron chi connectivity index (χ1n) is 38.0. The van der Waals surface area contributed by atoms with Crippen LogP contribution >= 0.6 is 270 Å². The average molecular weight is 2770 g/mol. The van der Waals surface area contributed by atoms with Gasteiger partial charge in [-0.25, -0.2) is 57.8 Å². The zero-order chi connectivity index (χ0) is 102. The van der Waals surface area contributed by atoms with E-state index in [1.54, 1.807) is 128 Å². The number of carbonyl (C=O) groups is 6. The lowest BCUT2D eigenvalue weighted by molar-refractivity contribution is -0.137. The van der Waals surface area contributed by atoms with Gasteiger partial charge in [-0.15, -0.1) is 0 Å². The molecule has 0 aliphatic carbocycles. The van der Waals surface area contributed by atoms with Gasteiger partial charge in [-0.05, 0) is 356 Å². The Bertz CT molecular complexity index is 6240. The number of ether oxygens (including phenoxy) is 12. The lowest BCUT2D eigenvalue weighted by atomic mass is 10.1. The van der Waals surface area contributed by atoms with Crippen molar-refractivity contribution in [1.29, 1.82) is 0 Å². The normalized spacial score (nSPS) is 10.1. The summed E-state index contributed by atoms with van der Waals surface area (Å²) in [5.74, 6) is -0.169. The Labute approximate surface area is 930 Å². The molecule has 0 atom stereocenters. The molecule has 138 heavy (non-hydrogen) atoms. The number of hydrogen-bond donors (Lipinski definition) is 0. The summed E-state index contributed by atoms with van der Waals surface area (Å²) in [6.07, 6.45) is 0. The van der Waals surface area contributed by atoms with Crippen molar-refractivity contribution in [2.24, 2.45) is 0 Å². The van der Waals surface area contributed by atoms with Gasteiger partial charge in [-0.2, -0.15) is 0 Å². The van der Waals surface area contributed by atoms with Crippen LogP contribution in [0.4, 0.5) is 34.1 Å². The highest BCUT2D eigenvalue weighted by atomic mass is 127. The Morgan fingerprint density at radius 3 is 0.746 bits per heavy atom. The molecule has 0 aliphatic heterocycles. The number of hydrogen-bond acceptors (Lipinski definition) is 18. The molecule has 0 unspecified atom stereocenters. The smallest absolute Gasteiger partial charge is 0.349 e. The van der Waals surface area contributed by atoms with Gasteiger partial charge in [0.2, 0.25) is 0 Å². The van der Waals surface area contributed by atoms with E-state index >= 15 is 0 Å². The fourth-order valence-electron chi connectivity index (χ4n) is 11.0. The maximum Gasteiger partial charge on any atom is 0.349 e. The SMILES string of the molecule is [C-]#[N+]c1cc(Br)c(OC(=O)COc2ccc(C)cc2Cl)c(Br)c1.[C-]#[N+]c1cc(Br)c(OC(=O)c2c(Cl)ccc(C)c2OC)c(Br)c1.[C-]#[N+]c1cc(Cl)c(OC(=O)COc2ccc(C)cc2Cl)c(Cl)c1.[C-]#[N+]c1cc(Cl)c(OC(=O)c2c(Cl)ccc(C)c2OC)c(Cl)c1.[C-]#[N+]c1cc(I)c(OC(=O)COc2ccc(C)cc2Cl)c(I)c1.[C-]#[N+]c1cc(I)c(OC(=O)c2c(Cl)ccc(C)c2OC)c(I)c1. The van der Waals surface area contributed by atoms with Crippen molar-refractivity contribution in [2.45, 2.75) is 41.5 Å². The van der Waals surface area contributed by atoms with Crippen molar-refractivity contribution in [3.8, 4) is 69.0 Å². The lowest BCUT2D eigenvalue weighted by Gasteiger charge is -2.14. The number of methoxy groups -OCH3 is 3. The van der Waals surface area contributed by atoms with Crippen molar-refractivity contribution in [3.05, 3.63) is 365 Å². The number of aryl methyl sites for hydroxylation is 6. The van der Waals surface area contributed by atoms with Crippen LogP contribution in [0.1, 0.15) is 64.5 Å². The van der Waals surface area contributed by atoms with Gasteiger partial charge in [0.25, 0.3) is 0 Å². The molecule has 0 amide bonds. The summed E-state index contributed by atoms with van der Waals surface area (Å²) in [4.78, 5) is 93.1. The first-order valence-corrected chi connectivity index (χ1v) is 49.3. The molecule has 12 aromatic rings. The summed E-state index contributed by atoms with van der Waals surface area (Å²) >= 11 is 81.6. The number of rotatable bonds is 21. The monoisotopic (exact) mass is 2760 g/mol. The molecule has 12 rings (SSSR count). The van der Waals surface area contributed by atoms with Crippen LogP contribution in [0.3, 0.4) is 0 Å². The predicted molar refractivity (Wildman–Crippen MR) is 583 cm³/mol. The number of nitrogens with zero attached hydrogens (tertiary/aromatic N) is 6. The first kappa shape index (κ1) is 116. The minimum absolute atomic E-state index is 0.00987. The Hall–Kier alpha value is -9.06. The van der Waals surface area contributed by atoms with Crippen LogP contribution in [0.5, 0.6) is 69.0 Å². The van der Waals surface area contributed by atoms with Crippen molar-refractivity contribution >= 4 is 340 Å². The molecule has 12 aromatic carbocycles. The number of halogens is 18. The van der Waals surface area contributed by atoms with Crippen LogP contribution in [0.25, 0.3) is 29.1 Å². The van der Waals surface area contributed by atoms with Crippen LogP contribution in [0.15, 0.2) is 182 Å². The molecule has 0 bridgehead atoms. The van der Waals surface area contributed by atoms with Gasteiger partial charge in [-0.3, -0.25) is 0 Å². The van der Waals surface area contributed by atoms with E-state index in [-0.39, 0.29) is 100 Å². The van der Waals surface area contributed by atoms with Gasteiger partial charge in [0, 0.05) is 14.3 Å². The molecule has 0 radical (unpaired) electrons. The van der Waals surface area contributed by atoms with Crippen LogP contribution in [0.2, 0.25) is 50.2 Å². The summed E-state index contributed by atoms with van der Waals surface area (Å²) in [5.41, 5.74) is 8.01. The Morgan fingerprint density at radius 1 is 0.268 bits per heavy atom. The molecule has 0 spiro atoms. The van der Waals surface area contributed by atoms with Crippen molar-refractivity contribution in [3.63, 3.8) is 0 Å². The van der Waals surface area contributed by atoms with E-state index in [1.165, 1.54) is 45.6 Å². The second-order valence-electron chi connectivity index (χ2n) is 27.2. The molecule has 42 heteroatoms. The van der Waals surface area contributed by atoms with Gasteiger partial charge in [-0.1, -0.05) is 152 Å². The quantitative estimate of drug-likeness (QED) is 0.0281. The minimum Gasteiger partial charge on any atom is -0.496 e. The molecular weight excluding hydrogens is 2710 g/mol. The molecule has 0 fully saturated rings. The van der Waals surface area contributed by atoms with E-state index in [0.29, 0.717) is 122 Å². The Morgan fingerprint density at radius 2 is 0.486 bits per heavy atom. The largest absolute Gasteiger partial charge is 0.496 e. The summed E-state index contributed by atoms with van der Waals surface area (Å²) in [6, 6.07) is 44.2. The summed E-state index contributed by atoms with van der Waals surface area (Å²) in [7, 11) is 4.37. The van der Waals surface area contributed by atoms with Gasteiger partial charge < -0.3 is 56.8 Å². The van der Waals surface area contributed by atoms with Crippen LogP contribution < -0.4 is 56.8 Å². The number of carbonyl (C=O) groups excluding carboxylic acids is 6. The molecule has 708 valence electrons. The van der Waals surface area contributed by atoms with E-state index in [2.05, 4.69) is 92.8 Å². The zero-order valence-corrected chi connectivity index (χ0v) is 94.6. The number of benzene rings is 12. The van der Waals surface area contributed by atoms with Gasteiger partial charge in [0.15, 0.2) is 88.4 Å². The van der Waals surface area contributed by atoms with Gasteiger partial charge in [0.1, 0.15) is 51.2 Å². The average Bonchev–Trinajstić information content (AvgIpc) is 0.803. The molecular formula is C96H60Br4Cl10I4N6O18. The third-order valence-electron chi connectivity index (χ3n) is 17.3. The van der Waals surface area contributed by atoms with E-state index in [4.69, 9.17) is 212 Å². The fraction of sp³-hybridized carbons (Fsp3) is 0.125. The zero-order valence-electron chi connectivity index (χ0n) is 72.0. The van der Waals surface area contributed by atoms with Crippen molar-refractivity contribution in [1.82, 2.24) is 0 Å². The minimum atomic E-state index is -0.755. The summed E-state index contributed by atoms with van der Waals surface area (Å²) in [5, 5.41) is 2.22. The standard InChI is InChI=1S/2C16H10Br2ClNO3.2C16H10Cl3NO3.2C16H10ClI2NO3/c1-8-4-5-12(19)13(14(8)22-3)16(21)23-15-10(17)6-9(20-2)7-11(15)18;1-9-3-4-14(13(19)5-9)22-8-15(21)23-16-11(17)6-10(20-2)7-12(16)18;1-8-4-5-10(17)13(14(8)22-3)16(21)23-15-11(18)6-9(20-2)7-12(15)19;1-9-3-4-14(11(17)5-9)22-8-15(21)23-16-12(18)6-10(20-2)7-13(16)19;1-8-4-5-10(17)13(14(8)22-3)16(21)23-15-11(18)6-9(20-2)7-12(15)19;1-9-3-4-14(11(17)5-9)22-8-15(21)23-16-12(18)6-10(20-2)7-13(16)19/h4-7H,1,3H3;3-7H,8H2,1H3;4-7H,1,3H3;3-7H,8H2,1H3;4-7H,1,3H3;3-7H,8H2,1H3. The molecule has 0 aliphatic rings. The van der Waals surface area contributed by atoms with Crippen molar-refractivity contribution in [2.75, 3.05) is 41.2 Å². The topological polar surface area (TPSA) is 239 Å². The van der Waals surface area contributed by atoms with Crippen LogP contribution in [-0.4, -0.2) is 77.0 Å². The van der Waals surface area contributed by atoms with E-state index in [9.17, 15) is 28.8 Å². The number of esters is 6. The highest BCUT2D eigenvalue weighted by molar-refractivity contribution is 14.1.